The SMILES string of the molecule is Cc1noc(CCNCCc2ccccc2[N+](=O)[O-])n1. The van der Waals surface area contributed by atoms with Gasteiger partial charge in [0.2, 0.25) is 5.89 Å². The summed E-state index contributed by atoms with van der Waals surface area (Å²) in [6, 6.07) is 6.79. The molecule has 1 aromatic carbocycles. The van der Waals surface area contributed by atoms with Gasteiger partial charge in [-0.15, -0.1) is 0 Å². The Kier molecular flexibility index (Phi) is 4.78. The lowest BCUT2D eigenvalue weighted by Gasteiger charge is -2.04. The maximum Gasteiger partial charge on any atom is 0.272 e. The minimum atomic E-state index is -0.351. The number of hydrogen-bond acceptors (Lipinski definition) is 6. The molecule has 0 spiro atoms. The van der Waals surface area contributed by atoms with E-state index in [1.807, 2.05) is 6.07 Å². The number of aryl methyl sites for hydroxylation is 1. The Labute approximate surface area is 116 Å². The van der Waals surface area contributed by atoms with Crippen LogP contribution in [0.4, 0.5) is 5.69 Å². The van der Waals surface area contributed by atoms with Gasteiger partial charge in [-0.05, 0) is 19.9 Å². The van der Waals surface area contributed by atoms with Gasteiger partial charge >= 0.3 is 0 Å². The summed E-state index contributed by atoms with van der Waals surface area (Å²) in [5.74, 6) is 1.22. The van der Waals surface area contributed by atoms with Crippen molar-refractivity contribution in [2.45, 2.75) is 19.8 Å². The van der Waals surface area contributed by atoms with Gasteiger partial charge in [0.25, 0.3) is 5.69 Å². The smallest absolute Gasteiger partial charge is 0.272 e. The van der Waals surface area contributed by atoms with Crippen LogP contribution in [0.25, 0.3) is 0 Å². The molecule has 2 aromatic rings. The van der Waals surface area contributed by atoms with Crippen molar-refractivity contribution in [1.82, 2.24) is 15.5 Å². The summed E-state index contributed by atoms with van der Waals surface area (Å²) < 4.78 is 4.99. The second kappa shape index (κ2) is 6.76. The predicted molar refractivity (Wildman–Crippen MR) is 72.4 cm³/mol. The standard InChI is InChI=1S/C13H16N4O3/c1-10-15-13(20-16-10)7-9-14-8-6-11-4-2-3-5-12(11)17(18)19/h2-5,14H,6-9H2,1H3. The molecule has 0 fully saturated rings. The number of aromatic nitrogens is 2. The summed E-state index contributed by atoms with van der Waals surface area (Å²) in [6.45, 7) is 3.13. The van der Waals surface area contributed by atoms with Crippen LogP contribution in [0.15, 0.2) is 28.8 Å². The Morgan fingerprint density at radius 3 is 2.75 bits per heavy atom. The van der Waals surface area contributed by atoms with Gasteiger partial charge in [-0.25, -0.2) is 0 Å². The Hall–Kier alpha value is -2.28. The molecule has 0 unspecified atom stereocenters. The number of nitro groups is 1. The van der Waals surface area contributed by atoms with Gasteiger partial charge in [0, 0.05) is 24.6 Å². The zero-order valence-corrected chi connectivity index (χ0v) is 11.2. The first-order valence-corrected chi connectivity index (χ1v) is 6.39. The number of nitro benzene ring substituents is 1. The quantitative estimate of drug-likeness (QED) is 0.469. The Morgan fingerprint density at radius 1 is 1.30 bits per heavy atom. The van der Waals surface area contributed by atoms with Gasteiger partial charge in [0.1, 0.15) is 0 Å². The topological polar surface area (TPSA) is 94.1 Å². The number of nitrogens with zero attached hydrogens (tertiary/aromatic N) is 3. The second-order valence-corrected chi connectivity index (χ2v) is 4.37. The zero-order valence-electron chi connectivity index (χ0n) is 11.2. The number of benzene rings is 1. The molecule has 0 saturated heterocycles. The fraction of sp³-hybridized carbons (Fsp3) is 0.385. The van der Waals surface area contributed by atoms with Gasteiger partial charge in [-0.1, -0.05) is 23.4 Å². The summed E-state index contributed by atoms with van der Waals surface area (Å²) in [7, 11) is 0. The lowest BCUT2D eigenvalue weighted by atomic mass is 10.1. The molecule has 0 aliphatic heterocycles. The first-order chi connectivity index (χ1) is 9.66. The normalized spacial score (nSPS) is 10.7. The lowest BCUT2D eigenvalue weighted by molar-refractivity contribution is -0.385. The number of nitrogens with one attached hydrogen (secondary N) is 1. The van der Waals surface area contributed by atoms with Crippen LogP contribution in [-0.4, -0.2) is 28.2 Å². The highest BCUT2D eigenvalue weighted by Gasteiger charge is 2.11. The third-order valence-electron chi connectivity index (χ3n) is 2.84. The number of hydrogen-bond donors (Lipinski definition) is 1. The lowest BCUT2D eigenvalue weighted by Crippen LogP contribution is -2.20. The van der Waals surface area contributed by atoms with E-state index in [9.17, 15) is 10.1 Å². The molecule has 0 saturated carbocycles. The highest BCUT2D eigenvalue weighted by molar-refractivity contribution is 5.39. The van der Waals surface area contributed by atoms with E-state index in [1.54, 1.807) is 19.1 Å². The Bertz CT molecular complexity index is 583. The van der Waals surface area contributed by atoms with Crippen molar-refractivity contribution in [3.05, 3.63) is 51.7 Å². The fourth-order valence-electron chi connectivity index (χ4n) is 1.89. The molecule has 0 aliphatic carbocycles. The molecule has 0 bridgehead atoms. The maximum absolute atomic E-state index is 10.9. The molecule has 20 heavy (non-hydrogen) atoms. The molecule has 7 heteroatoms. The van der Waals surface area contributed by atoms with Crippen molar-refractivity contribution in [1.29, 1.82) is 0 Å². The fourth-order valence-corrected chi connectivity index (χ4v) is 1.89. The van der Waals surface area contributed by atoms with E-state index < -0.39 is 0 Å². The van der Waals surface area contributed by atoms with Crippen LogP contribution in [-0.2, 0) is 12.8 Å². The van der Waals surface area contributed by atoms with Crippen molar-refractivity contribution < 1.29 is 9.45 Å². The summed E-state index contributed by atoms with van der Waals surface area (Å²) in [4.78, 5) is 14.6. The first kappa shape index (κ1) is 14.1. The van der Waals surface area contributed by atoms with Crippen LogP contribution in [0.3, 0.4) is 0 Å². The van der Waals surface area contributed by atoms with Gasteiger partial charge < -0.3 is 9.84 Å². The van der Waals surface area contributed by atoms with Gasteiger partial charge in [-0.3, -0.25) is 10.1 Å². The molecular formula is C13H16N4O3. The van der Waals surface area contributed by atoms with Crippen molar-refractivity contribution in [3.63, 3.8) is 0 Å². The maximum atomic E-state index is 10.9. The molecule has 1 aromatic heterocycles. The average Bonchev–Trinajstić information content (AvgIpc) is 2.84. The monoisotopic (exact) mass is 276 g/mol. The molecular weight excluding hydrogens is 260 g/mol. The van der Waals surface area contributed by atoms with E-state index in [0.29, 0.717) is 37.6 Å². The molecule has 7 nitrogen and oxygen atoms in total. The molecule has 106 valence electrons. The minimum Gasteiger partial charge on any atom is -0.339 e. The molecule has 0 atom stereocenters. The van der Waals surface area contributed by atoms with Crippen LogP contribution in [0.5, 0.6) is 0 Å². The summed E-state index contributed by atoms with van der Waals surface area (Å²) in [5, 5.41) is 17.8. The van der Waals surface area contributed by atoms with Gasteiger partial charge in [-0.2, -0.15) is 4.98 Å². The van der Waals surface area contributed by atoms with E-state index in [4.69, 9.17) is 4.52 Å². The molecule has 0 amide bonds. The van der Waals surface area contributed by atoms with E-state index >= 15 is 0 Å². The average molecular weight is 276 g/mol. The highest BCUT2D eigenvalue weighted by Crippen LogP contribution is 2.17. The second-order valence-electron chi connectivity index (χ2n) is 4.37. The third kappa shape index (κ3) is 3.86. The highest BCUT2D eigenvalue weighted by atomic mass is 16.6. The summed E-state index contributed by atoms with van der Waals surface area (Å²) >= 11 is 0. The van der Waals surface area contributed by atoms with E-state index in [1.165, 1.54) is 6.07 Å². The van der Waals surface area contributed by atoms with Crippen LogP contribution < -0.4 is 5.32 Å². The molecule has 0 aliphatic rings. The summed E-state index contributed by atoms with van der Waals surface area (Å²) in [5.41, 5.74) is 0.903. The van der Waals surface area contributed by atoms with Gasteiger partial charge in [0.15, 0.2) is 5.82 Å². The van der Waals surface area contributed by atoms with Crippen molar-refractivity contribution in [2.75, 3.05) is 13.1 Å². The van der Waals surface area contributed by atoms with Crippen molar-refractivity contribution in [2.24, 2.45) is 0 Å². The Morgan fingerprint density at radius 2 is 2.05 bits per heavy atom. The number of rotatable bonds is 7. The number of para-hydroxylation sites is 1. The third-order valence-corrected chi connectivity index (χ3v) is 2.84. The zero-order chi connectivity index (χ0) is 14.4. The van der Waals surface area contributed by atoms with Crippen LogP contribution in [0, 0.1) is 17.0 Å². The Balaban J connectivity index is 1.75. The van der Waals surface area contributed by atoms with E-state index in [-0.39, 0.29) is 10.6 Å². The molecule has 1 N–H and O–H groups in total. The molecule has 0 radical (unpaired) electrons. The van der Waals surface area contributed by atoms with Gasteiger partial charge in [0.05, 0.1) is 4.92 Å². The van der Waals surface area contributed by atoms with E-state index in [2.05, 4.69) is 15.5 Å². The minimum absolute atomic E-state index is 0.168. The largest absolute Gasteiger partial charge is 0.339 e. The van der Waals surface area contributed by atoms with E-state index in [0.717, 1.165) is 5.56 Å². The van der Waals surface area contributed by atoms with Crippen LogP contribution in [0.1, 0.15) is 17.3 Å². The van der Waals surface area contributed by atoms with Crippen molar-refractivity contribution in [3.8, 4) is 0 Å². The van der Waals surface area contributed by atoms with Crippen LogP contribution in [0.2, 0.25) is 0 Å². The van der Waals surface area contributed by atoms with Crippen LogP contribution >= 0.6 is 0 Å². The first-order valence-electron chi connectivity index (χ1n) is 6.39. The summed E-state index contributed by atoms with van der Waals surface area (Å²) in [6.07, 6.45) is 1.26. The predicted octanol–water partition coefficient (Wildman–Crippen LogP) is 1.66. The molecule has 1 heterocycles. The molecule has 2 rings (SSSR count). The van der Waals surface area contributed by atoms with Crippen molar-refractivity contribution >= 4 is 5.69 Å².